The van der Waals surface area contributed by atoms with Gasteiger partial charge in [0.15, 0.2) is 0 Å². The molecule has 82 valence electrons. The number of nitrogens with zero attached hydrogens (tertiary/aromatic N) is 1. The number of hydrogen-bond acceptors (Lipinski definition) is 2. The number of allylic oxidation sites excluding steroid dienone is 2. The SMILES string of the molecule is FC(F)(F)CN1C=CC2=CC(Cl)SC2=C1. The van der Waals surface area contributed by atoms with E-state index in [1.165, 1.54) is 24.2 Å². The zero-order chi connectivity index (χ0) is 11.1. The summed E-state index contributed by atoms with van der Waals surface area (Å²) in [7, 11) is 0. The van der Waals surface area contributed by atoms with E-state index < -0.39 is 12.7 Å². The highest BCUT2D eigenvalue weighted by Gasteiger charge is 2.31. The first-order valence-electron chi connectivity index (χ1n) is 4.19. The monoisotopic (exact) mass is 253 g/mol. The zero-order valence-electron chi connectivity index (χ0n) is 7.46. The molecule has 15 heavy (non-hydrogen) atoms. The van der Waals surface area contributed by atoms with Crippen molar-refractivity contribution in [3.63, 3.8) is 0 Å². The number of halogens is 4. The average molecular weight is 254 g/mol. The molecule has 0 saturated heterocycles. The molecule has 0 fully saturated rings. The van der Waals surface area contributed by atoms with E-state index in [2.05, 4.69) is 0 Å². The van der Waals surface area contributed by atoms with Gasteiger partial charge in [-0.25, -0.2) is 0 Å². The maximum Gasteiger partial charge on any atom is 0.406 e. The van der Waals surface area contributed by atoms with Crippen LogP contribution in [0.2, 0.25) is 0 Å². The molecule has 0 aliphatic carbocycles. The molecule has 6 heteroatoms. The van der Waals surface area contributed by atoms with E-state index in [4.69, 9.17) is 11.6 Å². The lowest BCUT2D eigenvalue weighted by Crippen LogP contribution is -2.27. The summed E-state index contributed by atoms with van der Waals surface area (Å²) in [4.78, 5) is 1.91. The first kappa shape index (κ1) is 11.0. The minimum atomic E-state index is -4.19. The summed E-state index contributed by atoms with van der Waals surface area (Å²) in [5, 5.41) is 0. The third-order valence-corrected chi connectivity index (χ3v) is 3.27. The van der Waals surface area contributed by atoms with Crippen LogP contribution in [0.5, 0.6) is 0 Å². The van der Waals surface area contributed by atoms with Gasteiger partial charge in [0, 0.05) is 17.3 Å². The van der Waals surface area contributed by atoms with Crippen LogP contribution in [0, 0.1) is 0 Å². The van der Waals surface area contributed by atoms with Crippen molar-refractivity contribution in [2.75, 3.05) is 6.54 Å². The van der Waals surface area contributed by atoms with E-state index in [1.807, 2.05) is 6.08 Å². The molecular weight excluding hydrogens is 247 g/mol. The lowest BCUT2D eigenvalue weighted by molar-refractivity contribution is -0.136. The molecule has 0 aromatic carbocycles. The average Bonchev–Trinajstić information content (AvgIpc) is 2.40. The summed E-state index contributed by atoms with van der Waals surface area (Å²) < 4.78 is 36.1. The predicted octanol–water partition coefficient (Wildman–Crippen LogP) is 3.46. The molecule has 2 aliphatic heterocycles. The lowest BCUT2D eigenvalue weighted by Gasteiger charge is -2.21. The quantitative estimate of drug-likeness (QED) is 0.659. The Hall–Kier alpha value is -0.550. The maximum absolute atomic E-state index is 12.1. The van der Waals surface area contributed by atoms with Crippen LogP contribution in [-0.2, 0) is 0 Å². The molecule has 1 unspecified atom stereocenters. The van der Waals surface area contributed by atoms with Gasteiger partial charge in [-0.05, 0) is 17.7 Å². The van der Waals surface area contributed by atoms with Gasteiger partial charge in [-0.2, -0.15) is 13.2 Å². The zero-order valence-corrected chi connectivity index (χ0v) is 9.03. The molecule has 0 radical (unpaired) electrons. The van der Waals surface area contributed by atoms with Crippen LogP contribution in [0.15, 0.2) is 35.0 Å². The number of fused-ring (bicyclic) bond motifs is 1. The van der Waals surface area contributed by atoms with Gasteiger partial charge < -0.3 is 4.90 Å². The van der Waals surface area contributed by atoms with Crippen molar-refractivity contribution in [3.05, 3.63) is 35.0 Å². The topological polar surface area (TPSA) is 3.24 Å². The van der Waals surface area contributed by atoms with Gasteiger partial charge in [-0.3, -0.25) is 0 Å². The van der Waals surface area contributed by atoms with Crippen molar-refractivity contribution in [1.82, 2.24) is 4.90 Å². The van der Waals surface area contributed by atoms with Crippen molar-refractivity contribution in [3.8, 4) is 0 Å². The molecule has 1 atom stereocenters. The number of rotatable bonds is 1. The standard InChI is InChI=1S/C9H7ClF3NS/c10-8-3-6-1-2-14(4-7(6)15-8)5-9(11,12)13/h1-4,8H,5H2. The van der Waals surface area contributed by atoms with E-state index >= 15 is 0 Å². The molecule has 0 N–H and O–H groups in total. The smallest absolute Gasteiger partial charge is 0.344 e. The Bertz CT molecular complexity index is 359. The second-order valence-corrected chi connectivity index (χ2v) is 5.10. The first-order valence-corrected chi connectivity index (χ1v) is 5.51. The fourth-order valence-corrected chi connectivity index (χ4v) is 2.71. The van der Waals surface area contributed by atoms with Gasteiger partial charge in [0.05, 0.1) is 0 Å². The van der Waals surface area contributed by atoms with Gasteiger partial charge in [-0.1, -0.05) is 11.8 Å². The Balaban J connectivity index is 2.10. The van der Waals surface area contributed by atoms with Crippen LogP contribution in [0.25, 0.3) is 0 Å². The Morgan fingerprint density at radius 2 is 2.20 bits per heavy atom. The van der Waals surface area contributed by atoms with Gasteiger partial charge in [0.2, 0.25) is 0 Å². The van der Waals surface area contributed by atoms with Crippen LogP contribution in [-0.4, -0.2) is 22.3 Å². The fourth-order valence-electron chi connectivity index (χ4n) is 1.36. The molecular formula is C9H7ClF3NS. The summed E-state index contributed by atoms with van der Waals surface area (Å²) in [6, 6.07) is 0. The van der Waals surface area contributed by atoms with Crippen LogP contribution < -0.4 is 0 Å². The number of hydrogen-bond donors (Lipinski definition) is 0. The highest BCUT2D eigenvalue weighted by molar-refractivity contribution is 8.05. The molecule has 2 heterocycles. The van der Waals surface area contributed by atoms with Crippen molar-refractivity contribution in [2.45, 2.75) is 10.9 Å². The molecule has 1 nitrogen and oxygen atoms in total. The predicted molar refractivity (Wildman–Crippen MR) is 55.3 cm³/mol. The first-order chi connectivity index (χ1) is 6.94. The normalized spacial score (nSPS) is 25.1. The van der Waals surface area contributed by atoms with Gasteiger partial charge in [0.25, 0.3) is 0 Å². The molecule has 0 aromatic rings. The summed E-state index contributed by atoms with van der Waals surface area (Å²) in [6.07, 6.45) is 2.17. The Labute approximate surface area is 94.3 Å². The largest absolute Gasteiger partial charge is 0.406 e. The Morgan fingerprint density at radius 3 is 2.87 bits per heavy atom. The lowest BCUT2D eigenvalue weighted by atomic mass is 10.2. The summed E-state index contributed by atoms with van der Waals surface area (Å²) in [6.45, 7) is -0.964. The van der Waals surface area contributed by atoms with E-state index in [9.17, 15) is 13.2 Å². The molecule has 2 rings (SSSR count). The Kier molecular flexibility index (Phi) is 2.77. The highest BCUT2D eigenvalue weighted by atomic mass is 35.5. The minimum Gasteiger partial charge on any atom is -0.344 e. The van der Waals surface area contributed by atoms with Crippen LogP contribution in [0.3, 0.4) is 0 Å². The highest BCUT2D eigenvalue weighted by Crippen LogP contribution is 2.41. The van der Waals surface area contributed by atoms with Crippen LogP contribution in [0.1, 0.15) is 0 Å². The van der Waals surface area contributed by atoms with Crippen molar-refractivity contribution in [1.29, 1.82) is 0 Å². The molecule has 0 spiro atoms. The third-order valence-electron chi connectivity index (χ3n) is 1.93. The maximum atomic E-state index is 12.1. The van der Waals surface area contributed by atoms with E-state index in [0.717, 1.165) is 15.4 Å². The molecule has 0 bridgehead atoms. The summed E-state index contributed by atoms with van der Waals surface area (Å²) >= 11 is 7.19. The van der Waals surface area contributed by atoms with Gasteiger partial charge in [-0.15, -0.1) is 11.6 Å². The second kappa shape index (κ2) is 3.79. The third kappa shape index (κ3) is 2.72. The number of thioether (sulfide) groups is 1. The van der Waals surface area contributed by atoms with Crippen molar-refractivity contribution < 1.29 is 13.2 Å². The van der Waals surface area contributed by atoms with Crippen molar-refractivity contribution >= 4 is 23.4 Å². The fraction of sp³-hybridized carbons (Fsp3) is 0.333. The second-order valence-electron chi connectivity index (χ2n) is 3.19. The van der Waals surface area contributed by atoms with Crippen molar-refractivity contribution in [2.24, 2.45) is 0 Å². The molecule has 0 aromatic heterocycles. The number of alkyl halides is 4. The summed E-state index contributed by atoms with van der Waals surface area (Å²) in [5.41, 5.74) is 0.901. The van der Waals surface area contributed by atoms with E-state index in [-0.39, 0.29) is 4.71 Å². The van der Waals surface area contributed by atoms with Crippen LogP contribution in [0.4, 0.5) is 13.2 Å². The van der Waals surface area contributed by atoms with E-state index in [1.54, 1.807) is 6.08 Å². The molecule has 0 amide bonds. The molecule has 0 saturated carbocycles. The van der Waals surface area contributed by atoms with Gasteiger partial charge in [0.1, 0.15) is 11.3 Å². The molecule has 2 aliphatic rings. The Morgan fingerprint density at radius 1 is 1.47 bits per heavy atom. The van der Waals surface area contributed by atoms with Gasteiger partial charge >= 0.3 is 6.18 Å². The minimum absolute atomic E-state index is 0.179. The van der Waals surface area contributed by atoms with Crippen LogP contribution >= 0.6 is 23.4 Å². The van der Waals surface area contributed by atoms with E-state index in [0.29, 0.717) is 0 Å². The summed E-state index contributed by atoms with van der Waals surface area (Å²) in [5.74, 6) is 0.